The van der Waals surface area contributed by atoms with Crippen molar-refractivity contribution in [3.63, 3.8) is 0 Å². The summed E-state index contributed by atoms with van der Waals surface area (Å²) in [4.78, 5) is 15.1. The molecule has 150 valence electrons. The van der Waals surface area contributed by atoms with Gasteiger partial charge in [-0.3, -0.25) is 4.79 Å². The highest BCUT2D eigenvalue weighted by Gasteiger charge is 2.35. The first-order valence-corrected chi connectivity index (χ1v) is 11.8. The third-order valence-electron chi connectivity index (χ3n) is 5.33. The lowest BCUT2D eigenvalue weighted by Crippen LogP contribution is -2.48. The van der Waals surface area contributed by atoms with Gasteiger partial charge in [0, 0.05) is 37.3 Å². The van der Waals surface area contributed by atoms with Gasteiger partial charge < -0.3 is 9.64 Å². The molecule has 0 aliphatic carbocycles. The van der Waals surface area contributed by atoms with E-state index < -0.39 is 10.0 Å². The van der Waals surface area contributed by atoms with E-state index in [1.54, 1.807) is 24.3 Å². The summed E-state index contributed by atoms with van der Waals surface area (Å²) in [5.74, 6) is -0.242. The predicted octanol–water partition coefficient (Wildman–Crippen LogP) is 2.88. The van der Waals surface area contributed by atoms with Gasteiger partial charge in [0.1, 0.15) is 0 Å². The molecule has 3 rings (SSSR count). The zero-order valence-corrected chi connectivity index (χ0v) is 18.0. The number of hydrogen-bond acceptors (Lipinski definition) is 4. The first-order chi connectivity index (χ1) is 12.9. The van der Waals surface area contributed by atoms with Crippen LogP contribution in [0.5, 0.6) is 0 Å². The van der Waals surface area contributed by atoms with Crippen molar-refractivity contribution in [2.45, 2.75) is 43.6 Å². The second kappa shape index (κ2) is 9.03. The average molecular weight is 459 g/mol. The summed E-state index contributed by atoms with van der Waals surface area (Å²) in [5.41, 5.74) is 0. The van der Waals surface area contributed by atoms with Gasteiger partial charge in [-0.1, -0.05) is 15.9 Å². The lowest BCUT2D eigenvalue weighted by atomic mass is 9.98. The van der Waals surface area contributed by atoms with E-state index >= 15 is 0 Å². The van der Waals surface area contributed by atoms with Crippen molar-refractivity contribution in [1.29, 1.82) is 0 Å². The van der Waals surface area contributed by atoms with Gasteiger partial charge in [-0.2, -0.15) is 4.31 Å². The number of ether oxygens (including phenoxy) is 1. The number of likely N-dealkylation sites (N-methyl/N-ethyl adjacent to an activating group) is 1. The number of benzene rings is 1. The van der Waals surface area contributed by atoms with Crippen molar-refractivity contribution in [1.82, 2.24) is 9.21 Å². The van der Waals surface area contributed by atoms with Crippen LogP contribution >= 0.6 is 15.9 Å². The minimum Gasteiger partial charge on any atom is -0.376 e. The molecule has 1 aromatic rings. The molecule has 6 nitrogen and oxygen atoms in total. The molecule has 2 heterocycles. The summed E-state index contributed by atoms with van der Waals surface area (Å²) in [6.45, 7) is 4.66. The summed E-state index contributed by atoms with van der Waals surface area (Å²) in [7, 11) is -3.58. The molecule has 1 amide bonds. The third-order valence-corrected chi connectivity index (χ3v) is 7.73. The Morgan fingerprint density at radius 3 is 2.63 bits per heavy atom. The highest BCUT2D eigenvalue weighted by atomic mass is 79.9. The van der Waals surface area contributed by atoms with Crippen molar-refractivity contribution in [3.05, 3.63) is 28.7 Å². The molecule has 8 heteroatoms. The molecule has 0 saturated carbocycles. The second-order valence-corrected chi connectivity index (χ2v) is 10.0. The summed E-state index contributed by atoms with van der Waals surface area (Å²) in [6, 6.07) is 6.64. The Balaban J connectivity index is 1.68. The topological polar surface area (TPSA) is 66.9 Å². The molecule has 2 saturated heterocycles. The number of sulfonamides is 1. The van der Waals surface area contributed by atoms with Crippen molar-refractivity contribution < 1.29 is 17.9 Å². The summed E-state index contributed by atoms with van der Waals surface area (Å²) in [6.07, 6.45) is 3.56. The van der Waals surface area contributed by atoms with Gasteiger partial charge in [0.25, 0.3) is 0 Å². The SMILES string of the molecule is CCN(CC1CCCO1)C(=O)C1CCCN(S(=O)(=O)c2ccc(Br)cc2)C1. The fraction of sp³-hybridized carbons (Fsp3) is 0.632. The zero-order chi connectivity index (χ0) is 19.4. The summed E-state index contributed by atoms with van der Waals surface area (Å²) >= 11 is 3.33. The molecule has 0 aromatic heterocycles. The van der Waals surface area contributed by atoms with Crippen LogP contribution in [0, 0.1) is 5.92 Å². The lowest BCUT2D eigenvalue weighted by molar-refractivity contribution is -0.138. The van der Waals surface area contributed by atoms with Gasteiger partial charge in [-0.15, -0.1) is 0 Å². The van der Waals surface area contributed by atoms with Gasteiger partial charge in [-0.25, -0.2) is 8.42 Å². The number of amides is 1. The lowest BCUT2D eigenvalue weighted by Gasteiger charge is -2.34. The van der Waals surface area contributed by atoms with E-state index in [4.69, 9.17) is 4.74 Å². The number of carbonyl (C=O) groups is 1. The molecule has 0 radical (unpaired) electrons. The molecule has 2 unspecified atom stereocenters. The normalized spacial score (nSPS) is 24.1. The van der Waals surface area contributed by atoms with Crippen molar-refractivity contribution >= 4 is 31.9 Å². The van der Waals surface area contributed by atoms with E-state index in [1.165, 1.54) is 4.31 Å². The van der Waals surface area contributed by atoms with Crippen molar-refractivity contribution in [2.24, 2.45) is 5.92 Å². The molecule has 2 aliphatic rings. The van der Waals surface area contributed by atoms with Gasteiger partial charge in [0.15, 0.2) is 0 Å². The standard InChI is InChI=1S/C19H27BrN2O4S/c1-2-21(14-17-6-4-12-26-17)19(23)15-5-3-11-22(13-15)27(24,25)18-9-7-16(20)8-10-18/h7-10,15,17H,2-6,11-14H2,1H3. The average Bonchev–Trinajstić information content (AvgIpc) is 3.19. The summed E-state index contributed by atoms with van der Waals surface area (Å²) in [5, 5.41) is 0. The van der Waals surface area contributed by atoms with E-state index in [2.05, 4.69) is 15.9 Å². The minimum atomic E-state index is -3.58. The minimum absolute atomic E-state index is 0.0451. The molecule has 0 spiro atoms. The number of carbonyl (C=O) groups excluding carboxylic acids is 1. The van der Waals surface area contributed by atoms with E-state index in [0.29, 0.717) is 26.1 Å². The maximum absolute atomic E-state index is 13.0. The van der Waals surface area contributed by atoms with E-state index in [1.807, 2.05) is 11.8 Å². The Hall–Kier alpha value is -0.960. The number of nitrogens with zero attached hydrogens (tertiary/aromatic N) is 2. The molecular weight excluding hydrogens is 432 g/mol. The van der Waals surface area contributed by atoms with Crippen LogP contribution in [-0.4, -0.2) is 62.4 Å². The van der Waals surface area contributed by atoms with Gasteiger partial charge >= 0.3 is 0 Å². The van der Waals surface area contributed by atoms with Crippen LogP contribution in [0.25, 0.3) is 0 Å². The van der Waals surface area contributed by atoms with Gasteiger partial charge in [0.05, 0.1) is 16.9 Å². The van der Waals surface area contributed by atoms with Crippen molar-refractivity contribution in [2.75, 3.05) is 32.8 Å². The van der Waals surface area contributed by atoms with Crippen LogP contribution in [0.15, 0.2) is 33.6 Å². The Labute approximate surface area is 170 Å². The van der Waals surface area contributed by atoms with Crippen LogP contribution in [-0.2, 0) is 19.6 Å². The quantitative estimate of drug-likeness (QED) is 0.656. The Morgan fingerprint density at radius 2 is 2.00 bits per heavy atom. The van der Waals surface area contributed by atoms with Crippen molar-refractivity contribution in [3.8, 4) is 0 Å². The van der Waals surface area contributed by atoms with Gasteiger partial charge in [0.2, 0.25) is 15.9 Å². The molecule has 2 aliphatic heterocycles. The highest BCUT2D eigenvalue weighted by molar-refractivity contribution is 9.10. The second-order valence-electron chi connectivity index (χ2n) is 7.17. The largest absolute Gasteiger partial charge is 0.376 e. The number of halogens is 1. The summed E-state index contributed by atoms with van der Waals surface area (Å²) < 4.78 is 33.9. The molecule has 2 fully saturated rings. The third kappa shape index (κ3) is 4.91. The Morgan fingerprint density at radius 1 is 1.26 bits per heavy atom. The highest BCUT2D eigenvalue weighted by Crippen LogP contribution is 2.26. The van der Waals surface area contributed by atoms with E-state index in [9.17, 15) is 13.2 Å². The first kappa shape index (κ1) is 20.8. The monoisotopic (exact) mass is 458 g/mol. The number of rotatable bonds is 6. The molecule has 0 N–H and O–H groups in total. The maximum Gasteiger partial charge on any atom is 0.243 e. The van der Waals surface area contributed by atoms with Gasteiger partial charge in [-0.05, 0) is 56.9 Å². The van der Waals surface area contributed by atoms with Crippen LogP contribution in [0.2, 0.25) is 0 Å². The maximum atomic E-state index is 13.0. The fourth-order valence-electron chi connectivity index (χ4n) is 3.79. The Bertz CT molecular complexity index is 747. The molecular formula is C19H27BrN2O4S. The molecule has 0 bridgehead atoms. The van der Waals surface area contributed by atoms with Crippen LogP contribution in [0.4, 0.5) is 0 Å². The first-order valence-electron chi connectivity index (χ1n) is 9.58. The fourth-order valence-corrected chi connectivity index (χ4v) is 5.57. The van der Waals surface area contributed by atoms with Crippen LogP contribution < -0.4 is 0 Å². The number of hydrogen-bond donors (Lipinski definition) is 0. The predicted molar refractivity (Wildman–Crippen MR) is 107 cm³/mol. The molecule has 27 heavy (non-hydrogen) atoms. The smallest absolute Gasteiger partial charge is 0.243 e. The van der Waals surface area contributed by atoms with E-state index in [-0.39, 0.29) is 29.4 Å². The molecule has 1 aromatic carbocycles. The van der Waals surface area contributed by atoms with Crippen LogP contribution in [0.3, 0.4) is 0 Å². The Kier molecular flexibility index (Phi) is 6.94. The van der Waals surface area contributed by atoms with Crippen LogP contribution in [0.1, 0.15) is 32.6 Å². The molecule has 2 atom stereocenters. The zero-order valence-electron chi connectivity index (χ0n) is 15.6. The van der Waals surface area contributed by atoms with E-state index in [0.717, 1.165) is 30.3 Å². The number of piperidine rings is 1.